The third kappa shape index (κ3) is 2.51. The molecule has 7 nitrogen and oxygen atoms in total. The molecule has 0 atom stereocenters. The summed E-state index contributed by atoms with van der Waals surface area (Å²) >= 11 is 0. The fourth-order valence-electron chi connectivity index (χ4n) is 3.37. The van der Waals surface area contributed by atoms with Crippen LogP contribution in [-0.4, -0.2) is 35.7 Å². The molecule has 0 saturated carbocycles. The first-order valence-corrected chi connectivity index (χ1v) is 8.36. The Labute approximate surface area is 155 Å². The molecule has 138 valence electrons. The van der Waals surface area contributed by atoms with E-state index < -0.39 is 0 Å². The van der Waals surface area contributed by atoms with Crippen LogP contribution in [0.25, 0.3) is 27.5 Å². The van der Waals surface area contributed by atoms with Gasteiger partial charge in [-0.3, -0.25) is 4.79 Å². The second kappa shape index (κ2) is 6.35. The number of nitrogens with zero attached hydrogens (tertiary/aromatic N) is 3. The normalized spacial score (nSPS) is 11.1. The van der Waals surface area contributed by atoms with E-state index in [4.69, 9.17) is 14.2 Å². The van der Waals surface area contributed by atoms with Crippen molar-refractivity contribution < 1.29 is 14.2 Å². The Morgan fingerprint density at radius 2 is 1.63 bits per heavy atom. The number of rotatable bonds is 4. The molecule has 4 rings (SSSR count). The molecule has 0 radical (unpaired) electrons. The van der Waals surface area contributed by atoms with Crippen LogP contribution >= 0.6 is 0 Å². The highest BCUT2D eigenvalue weighted by molar-refractivity contribution is 6.11. The quantitative estimate of drug-likeness (QED) is 0.556. The van der Waals surface area contributed by atoms with Crippen LogP contribution in [0.4, 0.5) is 0 Å². The number of aromatic nitrogens is 3. The summed E-state index contributed by atoms with van der Waals surface area (Å²) in [5.41, 5.74) is 1.84. The summed E-state index contributed by atoms with van der Waals surface area (Å²) in [6.07, 6.45) is 1.69. The zero-order valence-corrected chi connectivity index (χ0v) is 15.5. The van der Waals surface area contributed by atoms with Crippen LogP contribution in [0.15, 0.2) is 47.4 Å². The van der Waals surface area contributed by atoms with Gasteiger partial charge in [0.25, 0.3) is 5.56 Å². The SMILES string of the molecule is COc1ccc(-n2ncc3c4c(OC)cc(OC)cc4n(C)c3c2=O)cc1. The molecule has 0 fully saturated rings. The van der Waals surface area contributed by atoms with Gasteiger partial charge >= 0.3 is 0 Å². The van der Waals surface area contributed by atoms with E-state index in [-0.39, 0.29) is 5.56 Å². The van der Waals surface area contributed by atoms with Crippen LogP contribution < -0.4 is 19.8 Å². The molecule has 0 aliphatic rings. The molecule has 0 spiro atoms. The number of fused-ring (bicyclic) bond motifs is 3. The number of hydrogen-bond donors (Lipinski definition) is 0. The van der Waals surface area contributed by atoms with Crippen LogP contribution in [0.3, 0.4) is 0 Å². The van der Waals surface area contributed by atoms with Crippen molar-refractivity contribution in [1.29, 1.82) is 0 Å². The monoisotopic (exact) mass is 365 g/mol. The minimum atomic E-state index is -0.211. The maximum atomic E-state index is 13.2. The van der Waals surface area contributed by atoms with E-state index in [1.807, 2.05) is 17.7 Å². The third-order valence-corrected chi connectivity index (χ3v) is 4.75. The average molecular weight is 365 g/mol. The Morgan fingerprint density at radius 1 is 0.926 bits per heavy atom. The van der Waals surface area contributed by atoms with E-state index in [1.54, 1.807) is 57.9 Å². The number of methoxy groups -OCH3 is 3. The highest BCUT2D eigenvalue weighted by Crippen LogP contribution is 2.37. The lowest BCUT2D eigenvalue weighted by molar-refractivity contribution is 0.398. The molecule has 4 aromatic rings. The summed E-state index contributed by atoms with van der Waals surface area (Å²) in [5.74, 6) is 2.02. The van der Waals surface area contributed by atoms with Gasteiger partial charge in [-0.05, 0) is 24.3 Å². The van der Waals surface area contributed by atoms with Crippen molar-refractivity contribution in [2.24, 2.45) is 7.05 Å². The first-order valence-electron chi connectivity index (χ1n) is 8.36. The number of hydrogen-bond acceptors (Lipinski definition) is 5. The van der Waals surface area contributed by atoms with Gasteiger partial charge in [-0.15, -0.1) is 0 Å². The standard InChI is InChI=1S/C20H19N3O4/c1-22-16-9-14(26-3)10-17(27-4)18(16)15-11-21-23(20(24)19(15)22)12-5-7-13(25-2)8-6-12/h5-11H,1-4H3. The maximum Gasteiger partial charge on any atom is 0.296 e. The zero-order chi connectivity index (χ0) is 19.1. The maximum absolute atomic E-state index is 13.2. The summed E-state index contributed by atoms with van der Waals surface area (Å²) in [7, 11) is 6.65. The van der Waals surface area contributed by atoms with E-state index in [9.17, 15) is 4.79 Å². The summed E-state index contributed by atoms with van der Waals surface area (Å²) < 4.78 is 19.3. The Balaban J connectivity index is 2.04. The zero-order valence-electron chi connectivity index (χ0n) is 15.5. The number of benzene rings is 2. The highest BCUT2D eigenvalue weighted by atomic mass is 16.5. The molecular formula is C20H19N3O4. The van der Waals surface area contributed by atoms with Crippen molar-refractivity contribution in [2.45, 2.75) is 0 Å². The molecule has 0 amide bonds. The molecule has 0 aliphatic carbocycles. The van der Waals surface area contributed by atoms with Gasteiger partial charge in [0, 0.05) is 24.6 Å². The van der Waals surface area contributed by atoms with E-state index in [2.05, 4.69) is 5.10 Å². The number of aryl methyl sites for hydroxylation is 1. The van der Waals surface area contributed by atoms with Gasteiger partial charge in [0.05, 0.1) is 44.1 Å². The lowest BCUT2D eigenvalue weighted by Gasteiger charge is -2.07. The average Bonchev–Trinajstić information content (AvgIpc) is 3.00. The van der Waals surface area contributed by atoms with Crippen LogP contribution in [0, 0.1) is 0 Å². The van der Waals surface area contributed by atoms with E-state index in [1.165, 1.54) is 4.68 Å². The number of ether oxygens (including phenoxy) is 3. The molecule has 0 unspecified atom stereocenters. The van der Waals surface area contributed by atoms with Gasteiger partial charge in [-0.25, -0.2) is 0 Å². The molecule has 2 heterocycles. The van der Waals surface area contributed by atoms with Gasteiger partial charge in [0.1, 0.15) is 22.8 Å². The van der Waals surface area contributed by atoms with Crippen LogP contribution in [0.2, 0.25) is 0 Å². The topological polar surface area (TPSA) is 67.5 Å². The van der Waals surface area contributed by atoms with Crippen molar-refractivity contribution >= 4 is 21.8 Å². The predicted molar refractivity (Wildman–Crippen MR) is 103 cm³/mol. The molecule has 0 saturated heterocycles. The fourth-order valence-corrected chi connectivity index (χ4v) is 3.37. The molecule has 7 heteroatoms. The summed E-state index contributed by atoms with van der Waals surface area (Å²) in [6, 6.07) is 10.9. The minimum Gasteiger partial charge on any atom is -0.497 e. The van der Waals surface area contributed by atoms with E-state index >= 15 is 0 Å². The van der Waals surface area contributed by atoms with Gasteiger partial charge in [0.15, 0.2) is 0 Å². The molecule has 27 heavy (non-hydrogen) atoms. The first-order chi connectivity index (χ1) is 13.1. The van der Waals surface area contributed by atoms with Crippen molar-refractivity contribution in [3.63, 3.8) is 0 Å². The summed E-state index contributed by atoms with van der Waals surface area (Å²) in [6.45, 7) is 0. The van der Waals surface area contributed by atoms with Gasteiger partial charge < -0.3 is 18.8 Å². The molecule has 2 aromatic heterocycles. The molecule has 2 aromatic carbocycles. The van der Waals surface area contributed by atoms with Gasteiger partial charge in [-0.1, -0.05) is 0 Å². The molecule has 0 aliphatic heterocycles. The minimum absolute atomic E-state index is 0.211. The Hall–Kier alpha value is -3.48. The third-order valence-electron chi connectivity index (χ3n) is 4.75. The van der Waals surface area contributed by atoms with Crippen LogP contribution in [-0.2, 0) is 7.05 Å². The second-order valence-corrected chi connectivity index (χ2v) is 6.10. The van der Waals surface area contributed by atoms with Crippen molar-refractivity contribution in [1.82, 2.24) is 14.3 Å². The van der Waals surface area contributed by atoms with E-state index in [0.29, 0.717) is 28.5 Å². The Morgan fingerprint density at radius 3 is 2.26 bits per heavy atom. The van der Waals surface area contributed by atoms with Crippen LogP contribution in [0.1, 0.15) is 0 Å². The summed E-state index contributed by atoms with van der Waals surface area (Å²) in [5, 5.41) is 5.95. The lowest BCUT2D eigenvalue weighted by Crippen LogP contribution is -2.22. The summed E-state index contributed by atoms with van der Waals surface area (Å²) in [4.78, 5) is 13.2. The molecular weight excluding hydrogens is 346 g/mol. The first kappa shape index (κ1) is 17.0. The lowest BCUT2D eigenvalue weighted by atomic mass is 10.1. The Bertz CT molecular complexity index is 1210. The van der Waals surface area contributed by atoms with Gasteiger partial charge in [-0.2, -0.15) is 9.78 Å². The largest absolute Gasteiger partial charge is 0.497 e. The van der Waals surface area contributed by atoms with Crippen molar-refractivity contribution in [3.05, 3.63) is 52.9 Å². The van der Waals surface area contributed by atoms with Crippen LogP contribution in [0.5, 0.6) is 17.2 Å². The highest BCUT2D eigenvalue weighted by Gasteiger charge is 2.19. The van der Waals surface area contributed by atoms with Gasteiger partial charge in [0.2, 0.25) is 0 Å². The fraction of sp³-hybridized carbons (Fsp3) is 0.200. The molecule has 0 bridgehead atoms. The van der Waals surface area contributed by atoms with E-state index in [0.717, 1.165) is 16.3 Å². The van der Waals surface area contributed by atoms with Crippen molar-refractivity contribution in [3.8, 4) is 22.9 Å². The predicted octanol–water partition coefficient (Wildman–Crippen LogP) is 2.90. The van der Waals surface area contributed by atoms with Crippen molar-refractivity contribution in [2.75, 3.05) is 21.3 Å². The smallest absolute Gasteiger partial charge is 0.296 e. The second-order valence-electron chi connectivity index (χ2n) is 6.10. The Kier molecular flexibility index (Phi) is 3.99. The molecule has 0 N–H and O–H groups in total.